The second-order valence-electron chi connectivity index (χ2n) is 3.48. The van der Waals surface area contributed by atoms with E-state index in [1.54, 1.807) is 6.92 Å². The molecule has 0 aliphatic rings. The van der Waals surface area contributed by atoms with Crippen LogP contribution in [0.25, 0.3) is 0 Å². The summed E-state index contributed by atoms with van der Waals surface area (Å²) in [6, 6.07) is 9.19. The highest BCUT2D eigenvalue weighted by atomic mass is 16.4. The topological polar surface area (TPSA) is 94.8 Å². The third-order valence-electron chi connectivity index (χ3n) is 2.03. The number of hydrogen-bond acceptors (Lipinski definition) is 3. The molecule has 2 atom stereocenters. The van der Waals surface area contributed by atoms with Gasteiger partial charge in [0.05, 0.1) is 5.92 Å². The number of carboxylic acids is 2. The number of carboxylic acid groups (broad SMARTS) is 2. The van der Waals surface area contributed by atoms with Gasteiger partial charge in [0, 0.05) is 0 Å². The number of rotatable bonds is 3. The Bertz CT molecular complexity index is 358. The van der Waals surface area contributed by atoms with Crippen molar-refractivity contribution in [2.24, 2.45) is 0 Å². The van der Waals surface area contributed by atoms with Gasteiger partial charge in [-0.2, -0.15) is 0 Å². The van der Waals surface area contributed by atoms with Crippen molar-refractivity contribution in [2.45, 2.75) is 25.9 Å². The molecule has 5 heteroatoms. The van der Waals surface area contributed by atoms with E-state index in [2.05, 4.69) is 0 Å². The molecular formula is C12H16O5. The molecule has 94 valence electrons. The number of benzene rings is 1. The Morgan fingerprint density at radius 3 is 1.71 bits per heavy atom. The Kier molecular flexibility index (Phi) is 6.58. The van der Waals surface area contributed by atoms with Crippen molar-refractivity contribution in [1.82, 2.24) is 0 Å². The molecule has 0 fully saturated rings. The SMILES string of the molecule is CC(C(=O)O)c1ccccc1.CC(O)C(=O)O. The van der Waals surface area contributed by atoms with Crippen LogP contribution in [0.3, 0.4) is 0 Å². The van der Waals surface area contributed by atoms with Gasteiger partial charge in [0.15, 0.2) is 0 Å². The molecule has 1 aromatic carbocycles. The first-order valence-corrected chi connectivity index (χ1v) is 5.05. The molecule has 0 aliphatic carbocycles. The van der Waals surface area contributed by atoms with Crippen molar-refractivity contribution in [1.29, 1.82) is 0 Å². The van der Waals surface area contributed by atoms with E-state index in [9.17, 15) is 9.59 Å². The van der Waals surface area contributed by atoms with Crippen molar-refractivity contribution < 1.29 is 24.9 Å². The highest BCUT2D eigenvalue weighted by molar-refractivity contribution is 5.75. The van der Waals surface area contributed by atoms with E-state index in [0.29, 0.717) is 0 Å². The van der Waals surface area contributed by atoms with Crippen molar-refractivity contribution in [3.8, 4) is 0 Å². The lowest BCUT2D eigenvalue weighted by Gasteiger charge is -2.04. The van der Waals surface area contributed by atoms with Crippen LogP contribution in [-0.4, -0.2) is 33.4 Å². The molecule has 0 radical (unpaired) electrons. The van der Waals surface area contributed by atoms with Gasteiger partial charge in [-0.1, -0.05) is 30.3 Å². The molecule has 1 rings (SSSR count). The predicted octanol–water partition coefficient (Wildman–Crippen LogP) is 1.33. The van der Waals surface area contributed by atoms with Crippen LogP contribution >= 0.6 is 0 Å². The second-order valence-corrected chi connectivity index (χ2v) is 3.48. The lowest BCUT2D eigenvalue weighted by Crippen LogP contribution is -2.13. The summed E-state index contributed by atoms with van der Waals surface area (Å²) in [6.07, 6.45) is -1.23. The van der Waals surface area contributed by atoms with Crippen LogP contribution in [0.2, 0.25) is 0 Å². The van der Waals surface area contributed by atoms with E-state index < -0.39 is 24.0 Å². The molecule has 3 N–H and O–H groups in total. The first-order chi connectivity index (χ1) is 7.86. The minimum Gasteiger partial charge on any atom is -0.481 e. The fourth-order valence-corrected chi connectivity index (χ4v) is 0.884. The predicted molar refractivity (Wildman–Crippen MR) is 61.8 cm³/mol. The van der Waals surface area contributed by atoms with Crippen molar-refractivity contribution in [3.63, 3.8) is 0 Å². The summed E-state index contributed by atoms with van der Waals surface area (Å²) in [5.74, 6) is -2.37. The maximum Gasteiger partial charge on any atom is 0.332 e. The Labute approximate surface area is 99.3 Å². The molecule has 0 heterocycles. The van der Waals surface area contributed by atoms with Gasteiger partial charge in [0.2, 0.25) is 0 Å². The van der Waals surface area contributed by atoms with Crippen LogP contribution in [-0.2, 0) is 9.59 Å². The van der Waals surface area contributed by atoms with E-state index in [1.807, 2.05) is 30.3 Å². The summed E-state index contributed by atoms with van der Waals surface area (Å²) in [7, 11) is 0. The van der Waals surface area contributed by atoms with Crippen LogP contribution in [0.15, 0.2) is 30.3 Å². The largest absolute Gasteiger partial charge is 0.481 e. The van der Waals surface area contributed by atoms with Crippen LogP contribution in [0.4, 0.5) is 0 Å². The minimum absolute atomic E-state index is 0.406. The summed E-state index contributed by atoms with van der Waals surface area (Å²) in [5.41, 5.74) is 0.847. The Hall–Kier alpha value is -1.88. The molecule has 0 spiro atoms. The van der Waals surface area contributed by atoms with Gasteiger partial charge in [-0.05, 0) is 19.4 Å². The number of aliphatic hydroxyl groups is 1. The van der Waals surface area contributed by atoms with Gasteiger partial charge in [0.1, 0.15) is 6.10 Å². The lowest BCUT2D eigenvalue weighted by atomic mass is 10.0. The van der Waals surface area contributed by atoms with Crippen LogP contribution in [0, 0.1) is 0 Å². The molecule has 17 heavy (non-hydrogen) atoms. The van der Waals surface area contributed by atoms with Crippen molar-refractivity contribution in [2.75, 3.05) is 0 Å². The highest BCUT2D eigenvalue weighted by Crippen LogP contribution is 2.13. The number of aliphatic hydroxyl groups excluding tert-OH is 1. The maximum atomic E-state index is 10.5. The highest BCUT2D eigenvalue weighted by Gasteiger charge is 2.11. The van der Waals surface area contributed by atoms with Crippen LogP contribution in [0.1, 0.15) is 25.3 Å². The summed E-state index contributed by atoms with van der Waals surface area (Å²) in [5, 5.41) is 24.4. The molecule has 0 aliphatic heterocycles. The minimum atomic E-state index is -1.23. The molecule has 0 aromatic heterocycles. The Balaban J connectivity index is 0.000000366. The molecule has 5 nitrogen and oxygen atoms in total. The molecular weight excluding hydrogens is 224 g/mol. The quantitative estimate of drug-likeness (QED) is 0.740. The average Bonchev–Trinajstić information content (AvgIpc) is 2.29. The normalized spacial score (nSPS) is 12.9. The van der Waals surface area contributed by atoms with Gasteiger partial charge in [-0.25, -0.2) is 4.79 Å². The summed E-state index contributed by atoms with van der Waals surface area (Å²) in [4.78, 5) is 19.9. The Morgan fingerprint density at radius 1 is 1.00 bits per heavy atom. The molecule has 1 aromatic rings. The first-order valence-electron chi connectivity index (χ1n) is 5.05. The van der Waals surface area contributed by atoms with Crippen molar-refractivity contribution in [3.05, 3.63) is 35.9 Å². The molecule has 0 saturated carbocycles. The number of aliphatic carboxylic acids is 2. The monoisotopic (exact) mass is 240 g/mol. The molecule has 2 unspecified atom stereocenters. The van der Waals surface area contributed by atoms with E-state index in [4.69, 9.17) is 15.3 Å². The fraction of sp³-hybridized carbons (Fsp3) is 0.333. The Morgan fingerprint density at radius 2 is 1.41 bits per heavy atom. The first kappa shape index (κ1) is 15.1. The summed E-state index contributed by atoms with van der Waals surface area (Å²) in [6.45, 7) is 2.88. The van der Waals surface area contributed by atoms with E-state index >= 15 is 0 Å². The average molecular weight is 240 g/mol. The lowest BCUT2D eigenvalue weighted by molar-refractivity contribution is -0.145. The van der Waals surface area contributed by atoms with E-state index in [1.165, 1.54) is 6.92 Å². The van der Waals surface area contributed by atoms with Gasteiger partial charge in [0.25, 0.3) is 0 Å². The molecule has 0 bridgehead atoms. The van der Waals surface area contributed by atoms with E-state index in [0.717, 1.165) is 5.56 Å². The molecule has 0 amide bonds. The van der Waals surface area contributed by atoms with Crippen LogP contribution in [0.5, 0.6) is 0 Å². The summed E-state index contributed by atoms with van der Waals surface area (Å²) < 4.78 is 0. The third kappa shape index (κ3) is 6.32. The van der Waals surface area contributed by atoms with E-state index in [-0.39, 0.29) is 0 Å². The van der Waals surface area contributed by atoms with Gasteiger partial charge in [-0.15, -0.1) is 0 Å². The molecule has 0 saturated heterocycles. The van der Waals surface area contributed by atoms with Crippen molar-refractivity contribution >= 4 is 11.9 Å². The van der Waals surface area contributed by atoms with Gasteiger partial charge < -0.3 is 15.3 Å². The third-order valence-corrected chi connectivity index (χ3v) is 2.03. The second kappa shape index (κ2) is 7.40. The maximum absolute atomic E-state index is 10.5. The van der Waals surface area contributed by atoms with Crippen LogP contribution < -0.4 is 0 Å². The standard InChI is InChI=1S/C9H10O2.C3H6O3/c1-7(9(10)11)8-5-3-2-4-6-8;1-2(4)3(5)6/h2-7H,1H3,(H,10,11);2,4H,1H3,(H,5,6). The zero-order chi connectivity index (χ0) is 13.4. The van der Waals surface area contributed by atoms with Gasteiger partial charge in [-0.3, -0.25) is 4.79 Å². The fourth-order valence-electron chi connectivity index (χ4n) is 0.884. The smallest absolute Gasteiger partial charge is 0.332 e. The number of hydrogen-bond donors (Lipinski definition) is 3. The number of carbonyl (C=O) groups is 2. The zero-order valence-corrected chi connectivity index (χ0v) is 9.70. The summed E-state index contributed by atoms with van der Waals surface area (Å²) >= 11 is 0. The zero-order valence-electron chi connectivity index (χ0n) is 9.70. The van der Waals surface area contributed by atoms with Gasteiger partial charge >= 0.3 is 11.9 Å².